The lowest BCUT2D eigenvalue weighted by Crippen LogP contribution is -2.33. The average Bonchev–Trinajstić information content (AvgIpc) is 2.43. The number of nitrogens with zero attached hydrogens (tertiary/aromatic N) is 2. The van der Waals surface area contributed by atoms with Crippen LogP contribution in [0, 0.1) is 0 Å². The molecular formula is C14H17N3O2. The molecule has 2 rings (SSSR count). The van der Waals surface area contributed by atoms with Crippen LogP contribution in [0.1, 0.15) is 17.3 Å². The van der Waals surface area contributed by atoms with Crippen molar-refractivity contribution in [2.75, 3.05) is 25.4 Å². The Morgan fingerprint density at radius 3 is 2.84 bits per heavy atom. The van der Waals surface area contributed by atoms with Crippen LogP contribution >= 0.6 is 0 Å². The SMILES string of the molecule is CCN(CCO)C(=O)c1cc(N)nc2ccccc12. The third-order valence-corrected chi connectivity index (χ3v) is 3.01. The van der Waals surface area contributed by atoms with Gasteiger partial charge in [-0.05, 0) is 19.1 Å². The van der Waals surface area contributed by atoms with Crippen molar-refractivity contribution < 1.29 is 9.90 Å². The fraction of sp³-hybridized carbons (Fsp3) is 0.286. The third kappa shape index (κ3) is 2.66. The highest BCUT2D eigenvalue weighted by Crippen LogP contribution is 2.20. The van der Waals surface area contributed by atoms with Crippen LogP contribution in [0.15, 0.2) is 30.3 Å². The lowest BCUT2D eigenvalue weighted by atomic mass is 10.1. The number of amides is 1. The summed E-state index contributed by atoms with van der Waals surface area (Å²) in [5, 5.41) is 9.78. The first-order chi connectivity index (χ1) is 9.17. The number of hydrogen-bond donors (Lipinski definition) is 2. The fourth-order valence-electron chi connectivity index (χ4n) is 2.07. The summed E-state index contributed by atoms with van der Waals surface area (Å²) in [7, 11) is 0. The number of benzene rings is 1. The molecule has 3 N–H and O–H groups in total. The van der Waals surface area contributed by atoms with Crippen molar-refractivity contribution in [2.24, 2.45) is 0 Å². The second kappa shape index (κ2) is 5.67. The van der Waals surface area contributed by atoms with E-state index < -0.39 is 0 Å². The van der Waals surface area contributed by atoms with Crippen molar-refractivity contribution in [1.82, 2.24) is 9.88 Å². The molecule has 0 aliphatic carbocycles. The van der Waals surface area contributed by atoms with E-state index in [1.165, 1.54) is 0 Å². The molecule has 0 bridgehead atoms. The van der Waals surface area contributed by atoms with E-state index in [4.69, 9.17) is 10.8 Å². The Labute approximate surface area is 111 Å². The highest BCUT2D eigenvalue weighted by atomic mass is 16.3. The highest BCUT2D eigenvalue weighted by molar-refractivity contribution is 6.06. The molecule has 0 unspecified atom stereocenters. The Bertz CT molecular complexity index is 598. The molecule has 2 aromatic rings. The summed E-state index contributed by atoms with van der Waals surface area (Å²) in [6, 6.07) is 8.98. The standard InChI is InChI=1S/C14H17N3O2/c1-2-17(7-8-18)14(19)11-9-13(15)16-12-6-4-3-5-10(11)12/h3-6,9,18H,2,7-8H2,1H3,(H2,15,16). The minimum atomic E-state index is -0.137. The van der Waals surface area contributed by atoms with Crippen LogP contribution in [0.5, 0.6) is 0 Å². The number of aliphatic hydroxyl groups is 1. The van der Waals surface area contributed by atoms with Gasteiger partial charge in [0.05, 0.1) is 17.7 Å². The van der Waals surface area contributed by atoms with E-state index in [0.717, 1.165) is 5.39 Å². The van der Waals surface area contributed by atoms with Gasteiger partial charge in [-0.15, -0.1) is 0 Å². The van der Waals surface area contributed by atoms with Crippen LogP contribution in [0.25, 0.3) is 10.9 Å². The number of anilines is 1. The molecule has 0 saturated heterocycles. The van der Waals surface area contributed by atoms with Gasteiger partial charge in [0, 0.05) is 18.5 Å². The summed E-state index contributed by atoms with van der Waals surface area (Å²) in [5.74, 6) is 0.184. The van der Waals surface area contributed by atoms with Gasteiger partial charge in [-0.3, -0.25) is 4.79 Å². The number of hydrogen-bond acceptors (Lipinski definition) is 4. The van der Waals surface area contributed by atoms with Crippen molar-refractivity contribution in [3.63, 3.8) is 0 Å². The van der Waals surface area contributed by atoms with Gasteiger partial charge in [0.1, 0.15) is 5.82 Å². The summed E-state index contributed by atoms with van der Waals surface area (Å²) in [6.45, 7) is 2.67. The van der Waals surface area contributed by atoms with Crippen LogP contribution in [0.4, 0.5) is 5.82 Å². The van der Waals surface area contributed by atoms with E-state index in [1.807, 2.05) is 31.2 Å². The van der Waals surface area contributed by atoms with Gasteiger partial charge >= 0.3 is 0 Å². The number of carbonyl (C=O) groups excluding carboxylic acids is 1. The molecule has 100 valence electrons. The lowest BCUT2D eigenvalue weighted by Gasteiger charge is -2.20. The number of likely N-dealkylation sites (N-methyl/N-ethyl adjacent to an activating group) is 1. The molecule has 5 nitrogen and oxygen atoms in total. The molecule has 0 fully saturated rings. The van der Waals surface area contributed by atoms with Gasteiger partial charge in [0.25, 0.3) is 5.91 Å². The quantitative estimate of drug-likeness (QED) is 0.866. The number of nitrogens with two attached hydrogens (primary N) is 1. The van der Waals surface area contributed by atoms with Gasteiger partial charge in [0.15, 0.2) is 0 Å². The van der Waals surface area contributed by atoms with Gasteiger partial charge in [-0.1, -0.05) is 18.2 Å². The number of carbonyl (C=O) groups is 1. The molecule has 1 aromatic carbocycles. The number of aliphatic hydroxyl groups excluding tert-OH is 1. The first-order valence-electron chi connectivity index (χ1n) is 6.22. The van der Waals surface area contributed by atoms with Crippen molar-refractivity contribution in [2.45, 2.75) is 6.92 Å². The second-order valence-electron chi connectivity index (χ2n) is 4.22. The predicted molar refractivity (Wildman–Crippen MR) is 74.8 cm³/mol. The molecule has 0 aliphatic rings. The van der Waals surface area contributed by atoms with Crippen molar-refractivity contribution in [1.29, 1.82) is 0 Å². The van der Waals surface area contributed by atoms with Crippen molar-refractivity contribution >= 4 is 22.6 Å². The zero-order valence-electron chi connectivity index (χ0n) is 10.8. The Morgan fingerprint density at radius 2 is 2.16 bits per heavy atom. The maximum absolute atomic E-state index is 12.5. The first-order valence-corrected chi connectivity index (χ1v) is 6.22. The highest BCUT2D eigenvalue weighted by Gasteiger charge is 2.17. The molecule has 0 saturated carbocycles. The van der Waals surface area contributed by atoms with Gasteiger partial charge < -0.3 is 15.7 Å². The zero-order chi connectivity index (χ0) is 13.8. The van der Waals surface area contributed by atoms with Crippen molar-refractivity contribution in [3.8, 4) is 0 Å². The summed E-state index contributed by atoms with van der Waals surface area (Å²) in [5.41, 5.74) is 6.97. The molecule has 1 heterocycles. The third-order valence-electron chi connectivity index (χ3n) is 3.01. The molecule has 1 amide bonds. The molecule has 0 spiro atoms. The largest absolute Gasteiger partial charge is 0.395 e. The molecule has 5 heteroatoms. The van der Waals surface area contributed by atoms with Crippen LogP contribution in [0.2, 0.25) is 0 Å². The molecule has 1 aromatic heterocycles. The zero-order valence-corrected chi connectivity index (χ0v) is 10.8. The minimum Gasteiger partial charge on any atom is -0.395 e. The van der Waals surface area contributed by atoms with E-state index >= 15 is 0 Å². The van der Waals surface area contributed by atoms with E-state index in [2.05, 4.69) is 4.98 Å². The van der Waals surface area contributed by atoms with E-state index in [-0.39, 0.29) is 12.5 Å². The number of para-hydroxylation sites is 1. The lowest BCUT2D eigenvalue weighted by molar-refractivity contribution is 0.0734. The summed E-state index contributed by atoms with van der Waals surface area (Å²) < 4.78 is 0. The fourth-order valence-corrected chi connectivity index (χ4v) is 2.07. The molecule has 0 aliphatic heterocycles. The molecule has 0 atom stereocenters. The van der Waals surface area contributed by atoms with E-state index in [9.17, 15) is 4.79 Å². The summed E-state index contributed by atoms with van der Waals surface area (Å²) in [4.78, 5) is 18.3. The summed E-state index contributed by atoms with van der Waals surface area (Å²) >= 11 is 0. The van der Waals surface area contributed by atoms with Crippen LogP contribution in [-0.2, 0) is 0 Å². The topological polar surface area (TPSA) is 79.5 Å². The maximum atomic E-state index is 12.5. The normalized spacial score (nSPS) is 10.6. The Morgan fingerprint density at radius 1 is 1.42 bits per heavy atom. The Hall–Kier alpha value is -2.14. The van der Waals surface area contributed by atoms with Crippen LogP contribution in [0.3, 0.4) is 0 Å². The number of pyridine rings is 1. The van der Waals surface area contributed by atoms with E-state index in [0.29, 0.717) is 30.0 Å². The number of nitrogen functional groups attached to an aromatic ring is 1. The van der Waals surface area contributed by atoms with Crippen molar-refractivity contribution in [3.05, 3.63) is 35.9 Å². The van der Waals surface area contributed by atoms with E-state index in [1.54, 1.807) is 11.0 Å². The maximum Gasteiger partial charge on any atom is 0.254 e. The summed E-state index contributed by atoms with van der Waals surface area (Å²) in [6.07, 6.45) is 0. The Balaban J connectivity index is 2.52. The minimum absolute atomic E-state index is 0.0575. The number of aromatic nitrogens is 1. The monoisotopic (exact) mass is 259 g/mol. The number of rotatable bonds is 4. The molecule has 0 radical (unpaired) electrons. The predicted octanol–water partition coefficient (Wildman–Crippen LogP) is 1.27. The van der Waals surface area contributed by atoms with Gasteiger partial charge in [-0.25, -0.2) is 4.98 Å². The molecule has 19 heavy (non-hydrogen) atoms. The van der Waals surface area contributed by atoms with Gasteiger partial charge in [0.2, 0.25) is 0 Å². The number of fused-ring (bicyclic) bond motifs is 1. The van der Waals surface area contributed by atoms with Crippen LogP contribution < -0.4 is 5.73 Å². The van der Waals surface area contributed by atoms with Crippen LogP contribution in [-0.4, -0.2) is 40.6 Å². The smallest absolute Gasteiger partial charge is 0.254 e. The first kappa shape index (κ1) is 13.3. The molecular weight excluding hydrogens is 242 g/mol. The second-order valence-corrected chi connectivity index (χ2v) is 4.22. The van der Waals surface area contributed by atoms with Gasteiger partial charge in [-0.2, -0.15) is 0 Å². The average molecular weight is 259 g/mol. The Kier molecular flexibility index (Phi) is 3.97.